The second kappa shape index (κ2) is 8.33. The van der Waals surface area contributed by atoms with E-state index in [1.165, 1.54) is 11.4 Å². The summed E-state index contributed by atoms with van der Waals surface area (Å²) in [5.74, 6) is 0.951. The first-order valence-electron chi connectivity index (χ1n) is 9.92. The van der Waals surface area contributed by atoms with Gasteiger partial charge in [-0.1, -0.05) is 24.3 Å². The van der Waals surface area contributed by atoms with E-state index in [0.29, 0.717) is 19.4 Å². The Hall–Kier alpha value is -3.02. The first-order chi connectivity index (χ1) is 13.7. The van der Waals surface area contributed by atoms with Crippen LogP contribution < -0.4 is 20.0 Å². The van der Waals surface area contributed by atoms with Gasteiger partial charge < -0.3 is 14.5 Å². The molecule has 4 rings (SSSR count). The monoisotopic (exact) mass is 378 g/mol. The Morgan fingerprint density at radius 3 is 2.36 bits per heavy atom. The quantitative estimate of drug-likeness (QED) is 0.869. The number of amides is 1. The number of para-hydroxylation sites is 2. The van der Waals surface area contributed by atoms with Gasteiger partial charge in [-0.15, -0.1) is 0 Å². The zero-order valence-electron chi connectivity index (χ0n) is 16.2. The number of nitrogens with one attached hydrogen (secondary N) is 1. The Morgan fingerprint density at radius 1 is 0.964 bits per heavy atom. The van der Waals surface area contributed by atoms with E-state index in [1.807, 2.05) is 19.1 Å². The normalized spacial score (nSPS) is 17.2. The Kier molecular flexibility index (Phi) is 5.46. The summed E-state index contributed by atoms with van der Waals surface area (Å²) in [7, 11) is 0. The summed E-state index contributed by atoms with van der Waals surface area (Å²) in [6, 6.07) is 16.8. The maximum Gasteiger partial charge on any atom is 0.240 e. The summed E-state index contributed by atoms with van der Waals surface area (Å²) >= 11 is 0. The van der Waals surface area contributed by atoms with Crippen LogP contribution in [-0.2, 0) is 4.79 Å². The number of hydrogen-bond donors (Lipinski definition) is 1. The molecule has 2 aromatic rings. The molecule has 0 saturated carbocycles. The first kappa shape index (κ1) is 18.3. The van der Waals surface area contributed by atoms with Crippen molar-refractivity contribution in [3.05, 3.63) is 54.1 Å². The molecule has 1 fully saturated rings. The van der Waals surface area contributed by atoms with Crippen LogP contribution in [0.25, 0.3) is 0 Å². The number of rotatable bonds is 5. The van der Waals surface area contributed by atoms with E-state index in [2.05, 4.69) is 56.7 Å². The van der Waals surface area contributed by atoms with Gasteiger partial charge in [0, 0.05) is 44.7 Å². The molecular formula is C22H26N4O2. The molecule has 0 unspecified atom stereocenters. The largest absolute Gasteiger partial charge is 0.492 e. The lowest BCUT2D eigenvalue weighted by atomic mass is 10.0. The summed E-state index contributed by atoms with van der Waals surface area (Å²) in [5, 5.41) is 4.17. The zero-order chi connectivity index (χ0) is 19.3. The molecule has 0 atom stereocenters. The van der Waals surface area contributed by atoms with Gasteiger partial charge >= 0.3 is 0 Å². The first-order valence-corrected chi connectivity index (χ1v) is 9.92. The average Bonchev–Trinajstić information content (AvgIpc) is 2.75. The van der Waals surface area contributed by atoms with Crippen LogP contribution in [0.2, 0.25) is 0 Å². The van der Waals surface area contributed by atoms with Crippen LogP contribution in [0.5, 0.6) is 5.75 Å². The van der Waals surface area contributed by atoms with E-state index < -0.39 is 0 Å². The lowest BCUT2D eigenvalue weighted by molar-refractivity contribution is -0.121. The van der Waals surface area contributed by atoms with Crippen molar-refractivity contribution in [3.63, 3.8) is 0 Å². The van der Waals surface area contributed by atoms with E-state index in [4.69, 9.17) is 4.74 Å². The van der Waals surface area contributed by atoms with Crippen LogP contribution in [0.15, 0.2) is 53.6 Å². The molecule has 1 amide bonds. The lowest BCUT2D eigenvalue weighted by Gasteiger charge is -2.38. The Morgan fingerprint density at radius 2 is 1.68 bits per heavy atom. The van der Waals surface area contributed by atoms with Crippen LogP contribution in [0.4, 0.5) is 11.4 Å². The maximum absolute atomic E-state index is 11.3. The van der Waals surface area contributed by atoms with Crippen molar-refractivity contribution in [3.8, 4) is 5.75 Å². The molecule has 0 bridgehead atoms. The average molecular weight is 378 g/mol. The molecule has 0 aromatic heterocycles. The Balaban J connectivity index is 1.40. The Labute approximate surface area is 165 Å². The number of hydrogen-bond acceptors (Lipinski definition) is 5. The topological polar surface area (TPSA) is 57.2 Å². The number of benzene rings is 2. The second-order valence-electron chi connectivity index (χ2n) is 7.02. The van der Waals surface area contributed by atoms with Gasteiger partial charge in [0.1, 0.15) is 5.75 Å². The molecule has 2 heterocycles. The molecule has 6 heteroatoms. The standard InChI is InChI=1S/C22H26N4O2/c1-2-28-21-6-4-3-5-20(21)26-15-13-25(14-16-26)18-9-7-17(8-10-18)19-11-12-22(27)24-23-19/h3-10H,2,11-16H2,1H3,(H,24,27). The van der Waals surface area contributed by atoms with Crippen molar-refractivity contribution < 1.29 is 9.53 Å². The smallest absolute Gasteiger partial charge is 0.240 e. The van der Waals surface area contributed by atoms with E-state index in [0.717, 1.165) is 43.2 Å². The summed E-state index contributed by atoms with van der Waals surface area (Å²) < 4.78 is 5.79. The highest BCUT2D eigenvalue weighted by atomic mass is 16.5. The number of anilines is 2. The molecule has 2 aliphatic heterocycles. The van der Waals surface area contributed by atoms with Gasteiger partial charge in [0.25, 0.3) is 0 Å². The fraction of sp³-hybridized carbons (Fsp3) is 0.364. The number of carbonyl (C=O) groups is 1. The summed E-state index contributed by atoms with van der Waals surface area (Å²) in [6.07, 6.45) is 1.20. The van der Waals surface area contributed by atoms with Crippen molar-refractivity contribution >= 4 is 23.0 Å². The lowest BCUT2D eigenvalue weighted by Crippen LogP contribution is -2.46. The molecule has 1 N–H and O–H groups in total. The third-order valence-corrected chi connectivity index (χ3v) is 5.26. The second-order valence-corrected chi connectivity index (χ2v) is 7.02. The van der Waals surface area contributed by atoms with Gasteiger partial charge in [-0.05, 0) is 36.8 Å². The number of hydrazone groups is 1. The minimum Gasteiger partial charge on any atom is -0.492 e. The highest BCUT2D eigenvalue weighted by Crippen LogP contribution is 2.29. The maximum atomic E-state index is 11.3. The van der Waals surface area contributed by atoms with Crippen molar-refractivity contribution in [1.29, 1.82) is 0 Å². The number of piperazine rings is 1. The zero-order valence-corrected chi connectivity index (χ0v) is 16.2. The number of carbonyl (C=O) groups excluding carboxylic acids is 1. The van der Waals surface area contributed by atoms with Crippen LogP contribution >= 0.6 is 0 Å². The van der Waals surface area contributed by atoms with E-state index in [-0.39, 0.29) is 5.91 Å². The fourth-order valence-corrected chi connectivity index (χ4v) is 3.75. The molecule has 1 saturated heterocycles. The molecule has 0 aliphatic carbocycles. The van der Waals surface area contributed by atoms with E-state index in [1.54, 1.807) is 0 Å². The van der Waals surface area contributed by atoms with Crippen LogP contribution in [0.3, 0.4) is 0 Å². The highest BCUT2D eigenvalue weighted by Gasteiger charge is 2.20. The fourth-order valence-electron chi connectivity index (χ4n) is 3.75. The van der Waals surface area contributed by atoms with Crippen LogP contribution in [0, 0.1) is 0 Å². The number of nitrogens with zero attached hydrogens (tertiary/aromatic N) is 3. The molecular weight excluding hydrogens is 352 g/mol. The predicted octanol–water partition coefficient (Wildman–Crippen LogP) is 3.03. The molecule has 28 heavy (non-hydrogen) atoms. The molecule has 6 nitrogen and oxygen atoms in total. The highest BCUT2D eigenvalue weighted by molar-refractivity contribution is 6.04. The molecule has 2 aromatic carbocycles. The minimum absolute atomic E-state index is 0.0100. The van der Waals surface area contributed by atoms with Gasteiger partial charge in [-0.3, -0.25) is 4.79 Å². The van der Waals surface area contributed by atoms with Gasteiger partial charge in [-0.2, -0.15) is 5.10 Å². The van der Waals surface area contributed by atoms with E-state index >= 15 is 0 Å². The van der Waals surface area contributed by atoms with Gasteiger partial charge in [0.15, 0.2) is 0 Å². The van der Waals surface area contributed by atoms with Crippen LogP contribution in [-0.4, -0.2) is 44.4 Å². The summed E-state index contributed by atoms with van der Waals surface area (Å²) in [4.78, 5) is 16.1. The van der Waals surface area contributed by atoms with E-state index in [9.17, 15) is 4.79 Å². The molecule has 0 spiro atoms. The van der Waals surface area contributed by atoms with Crippen molar-refractivity contribution in [1.82, 2.24) is 5.43 Å². The number of ether oxygens (including phenoxy) is 1. The minimum atomic E-state index is -0.0100. The third-order valence-electron chi connectivity index (χ3n) is 5.26. The summed E-state index contributed by atoms with van der Waals surface area (Å²) in [5.41, 5.74) is 6.99. The predicted molar refractivity (Wildman–Crippen MR) is 112 cm³/mol. The third kappa shape index (κ3) is 3.96. The van der Waals surface area contributed by atoms with Crippen molar-refractivity contribution in [2.24, 2.45) is 5.10 Å². The van der Waals surface area contributed by atoms with Crippen molar-refractivity contribution in [2.75, 3.05) is 42.6 Å². The van der Waals surface area contributed by atoms with Crippen molar-refractivity contribution in [2.45, 2.75) is 19.8 Å². The van der Waals surface area contributed by atoms with Gasteiger partial charge in [0.2, 0.25) is 5.91 Å². The van der Waals surface area contributed by atoms with Crippen LogP contribution in [0.1, 0.15) is 25.3 Å². The van der Waals surface area contributed by atoms with Gasteiger partial charge in [0.05, 0.1) is 18.0 Å². The SMILES string of the molecule is CCOc1ccccc1N1CCN(c2ccc(C3=NNC(=O)CC3)cc2)CC1. The Bertz CT molecular complexity index is 855. The summed E-state index contributed by atoms with van der Waals surface area (Å²) in [6.45, 7) is 6.56. The molecule has 0 radical (unpaired) electrons. The molecule has 146 valence electrons. The van der Waals surface area contributed by atoms with Gasteiger partial charge in [-0.25, -0.2) is 5.43 Å². The molecule has 2 aliphatic rings.